The maximum absolute atomic E-state index is 13.1. The topological polar surface area (TPSA) is 109 Å². The summed E-state index contributed by atoms with van der Waals surface area (Å²) in [5.41, 5.74) is 0.616. The van der Waals surface area contributed by atoms with Gasteiger partial charge < -0.3 is 15.7 Å². The third-order valence-electron chi connectivity index (χ3n) is 5.23. The molecule has 1 amide bonds. The molecule has 2 atom stereocenters. The number of aromatic nitrogens is 3. The summed E-state index contributed by atoms with van der Waals surface area (Å²) in [4.78, 5) is 22.0. The number of alkyl halides is 3. The summed E-state index contributed by atoms with van der Waals surface area (Å²) in [6, 6.07) is -0.0868. The lowest BCUT2D eigenvalue weighted by atomic mass is 9.85. The molecular weight excluding hydrogens is 415 g/mol. The number of carboxylic acids is 1. The number of hydrogen-bond acceptors (Lipinski definition) is 5. The monoisotopic (exact) mass is 449 g/mol. The second-order valence-electron chi connectivity index (χ2n) is 8.86. The number of nitrogens with one attached hydrogen (secondary N) is 2. The lowest BCUT2D eigenvalue weighted by Gasteiger charge is -2.32. The first-order chi connectivity index (χ1) is 14.3. The first kappa shape index (κ1) is 26.9. The van der Waals surface area contributed by atoms with Gasteiger partial charge in [-0.05, 0) is 37.6 Å². The van der Waals surface area contributed by atoms with E-state index in [4.69, 9.17) is 9.90 Å². The average Bonchev–Trinajstić information content (AvgIpc) is 3.31. The van der Waals surface area contributed by atoms with Gasteiger partial charge in [0.1, 0.15) is 6.04 Å². The highest BCUT2D eigenvalue weighted by Gasteiger charge is 2.38. The van der Waals surface area contributed by atoms with Gasteiger partial charge in [-0.1, -0.05) is 45.7 Å². The molecule has 1 aliphatic rings. The van der Waals surface area contributed by atoms with E-state index in [0.717, 1.165) is 12.1 Å². The number of hydrogen-bond donors (Lipinski definition) is 3. The van der Waals surface area contributed by atoms with Gasteiger partial charge in [-0.3, -0.25) is 4.79 Å². The van der Waals surface area contributed by atoms with Crippen LogP contribution >= 0.6 is 0 Å². The molecule has 1 aromatic heterocycles. The molecular formula is C20H34F3N5O3. The number of carbonyl (C=O) groups excluding carboxylic acids is 1. The van der Waals surface area contributed by atoms with Crippen LogP contribution in [0.15, 0.2) is 6.20 Å². The zero-order chi connectivity index (χ0) is 23.8. The second-order valence-corrected chi connectivity index (χ2v) is 8.86. The van der Waals surface area contributed by atoms with Crippen molar-refractivity contribution < 1.29 is 27.9 Å². The predicted octanol–water partition coefficient (Wildman–Crippen LogP) is 3.30. The minimum atomic E-state index is -5.08. The smallest absolute Gasteiger partial charge is 0.475 e. The summed E-state index contributed by atoms with van der Waals surface area (Å²) >= 11 is 0. The van der Waals surface area contributed by atoms with Gasteiger partial charge in [-0.25, -0.2) is 9.48 Å². The van der Waals surface area contributed by atoms with E-state index in [9.17, 15) is 18.0 Å². The van der Waals surface area contributed by atoms with E-state index in [1.165, 1.54) is 25.7 Å². The van der Waals surface area contributed by atoms with Crippen LogP contribution in [0.4, 0.5) is 13.2 Å². The lowest BCUT2D eigenvalue weighted by molar-refractivity contribution is -0.192. The molecule has 1 aliphatic carbocycles. The number of nitrogens with zero attached hydrogens (tertiary/aromatic N) is 3. The van der Waals surface area contributed by atoms with Crippen LogP contribution < -0.4 is 10.6 Å². The zero-order valence-corrected chi connectivity index (χ0v) is 18.8. The Hall–Kier alpha value is -2.17. The third-order valence-corrected chi connectivity index (χ3v) is 5.23. The molecule has 1 heterocycles. The number of amides is 1. The van der Waals surface area contributed by atoms with Gasteiger partial charge in [-0.15, -0.1) is 5.10 Å². The molecule has 1 aromatic rings. The van der Waals surface area contributed by atoms with Crippen molar-refractivity contribution >= 4 is 11.9 Å². The van der Waals surface area contributed by atoms with Crippen molar-refractivity contribution in [1.82, 2.24) is 25.6 Å². The minimum absolute atomic E-state index is 0.0576. The van der Waals surface area contributed by atoms with Gasteiger partial charge in [0.15, 0.2) is 0 Å². The van der Waals surface area contributed by atoms with Gasteiger partial charge in [-0.2, -0.15) is 13.2 Å². The third kappa shape index (κ3) is 8.47. The van der Waals surface area contributed by atoms with Crippen molar-refractivity contribution in [3.8, 4) is 0 Å². The molecule has 11 heteroatoms. The van der Waals surface area contributed by atoms with Crippen molar-refractivity contribution in [1.29, 1.82) is 0 Å². The molecule has 0 saturated heterocycles. The number of rotatable bonds is 7. The Morgan fingerprint density at radius 2 is 1.81 bits per heavy atom. The Kier molecular flexibility index (Phi) is 9.92. The van der Waals surface area contributed by atoms with Crippen LogP contribution in [-0.2, 0) is 16.1 Å². The van der Waals surface area contributed by atoms with Gasteiger partial charge in [0, 0.05) is 12.6 Å². The molecule has 8 nitrogen and oxygen atoms in total. The van der Waals surface area contributed by atoms with Crippen LogP contribution in [0.1, 0.15) is 71.5 Å². The van der Waals surface area contributed by atoms with Crippen LogP contribution in [-0.4, -0.2) is 51.2 Å². The number of aliphatic carboxylic acids is 1. The van der Waals surface area contributed by atoms with Crippen molar-refractivity contribution in [2.24, 2.45) is 11.3 Å². The number of halogens is 3. The van der Waals surface area contributed by atoms with Crippen LogP contribution in [0.5, 0.6) is 0 Å². The fourth-order valence-corrected chi connectivity index (χ4v) is 3.79. The SMILES string of the molecule is CCC(NC(=O)C(n1cc(CNC)nn1)C(C)(C)C)C1CCCC1.O=C(O)C(F)(F)F. The van der Waals surface area contributed by atoms with E-state index < -0.39 is 12.1 Å². The second kappa shape index (κ2) is 11.4. The van der Waals surface area contributed by atoms with Gasteiger partial charge in [0.2, 0.25) is 5.91 Å². The molecule has 0 spiro atoms. The molecule has 0 aromatic carbocycles. The van der Waals surface area contributed by atoms with Gasteiger partial charge in [0.05, 0.1) is 11.9 Å². The highest BCUT2D eigenvalue weighted by Crippen LogP contribution is 2.32. The summed E-state index contributed by atoms with van der Waals surface area (Å²) < 4.78 is 33.5. The summed E-state index contributed by atoms with van der Waals surface area (Å²) in [7, 11) is 1.88. The molecule has 31 heavy (non-hydrogen) atoms. The number of carboxylic acid groups (broad SMARTS) is 1. The molecule has 0 radical (unpaired) electrons. The zero-order valence-electron chi connectivity index (χ0n) is 18.8. The van der Waals surface area contributed by atoms with Crippen molar-refractivity contribution in [2.75, 3.05) is 7.05 Å². The van der Waals surface area contributed by atoms with E-state index in [0.29, 0.717) is 12.5 Å². The molecule has 1 fully saturated rings. The molecule has 0 aliphatic heterocycles. The van der Waals surface area contributed by atoms with E-state index in [2.05, 4.69) is 48.6 Å². The maximum Gasteiger partial charge on any atom is 0.490 e. The summed E-state index contributed by atoms with van der Waals surface area (Å²) in [5.74, 6) is -2.08. The normalized spacial score (nSPS) is 16.9. The Labute approximate surface area is 181 Å². The maximum atomic E-state index is 13.1. The highest BCUT2D eigenvalue weighted by atomic mass is 19.4. The van der Waals surface area contributed by atoms with Gasteiger partial charge in [0.25, 0.3) is 0 Å². The Morgan fingerprint density at radius 3 is 2.23 bits per heavy atom. The quantitative estimate of drug-likeness (QED) is 0.589. The fourth-order valence-electron chi connectivity index (χ4n) is 3.79. The molecule has 2 unspecified atom stereocenters. The van der Waals surface area contributed by atoms with E-state index >= 15 is 0 Å². The van der Waals surface area contributed by atoms with Gasteiger partial charge >= 0.3 is 12.1 Å². The van der Waals surface area contributed by atoms with Crippen LogP contribution in [0.25, 0.3) is 0 Å². The van der Waals surface area contributed by atoms with Crippen molar-refractivity contribution in [3.63, 3.8) is 0 Å². The lowest BCUT2D eigenvalue weighted by Crippen LogP contribution is -2.46. The fraction of sp³-hybridized carbons (Fsp3) is 0.800. The Bertz CT molecular complexity index is 710. The van der Waals surface area contributed by atoms with Crippen molar-refractivity contribution in [3.05, 3.63) is 11.9 Å². The van der Waals surface area contributed by atoms with E-state index in [1.807, 2.05) is 13.2 Å². The van der Waals surface area contributed by atoms with E-state index in [1.54, 1.807) is 4.68 Å². The molecule has 2 rings (SSSR count). The summed E-state index contributed by atoms with van der Waals surface area (Å²) in [6.45, 7) is 9.04. The first-order valence-electron chi connectivity index (χ1n) is 10.5. The minimum Gasteiger partial charge on any atom is -0.475 e. The predicted molar refractivity (Wildman–Crippen MR) is 109 cm³/mol. The Balaban J connectivity index is 0.000000592. The highest BCUT2D eigenvalue weighted by molar-refractivity contribution is 5.81. The molecule has 178 valence electrons. The van der Waals surface area contributed by atoms with Crippen LogP contribution in [0, 0.1) is 11.3 Å². The average molecular weight is 450 g/mol. The van der Waals surface area contributed by atoms with Crippen LogP contribution in [0.3, 0.4) is 0 Å². The molecule has 1 saturated carbocycles. The number of carbonyl (C=O) groups is 2. The summed E-state index contributed by atoms with van der Waals surface area (Å²) in [6.07, 6.45) is 2.81. The Morgan fingerprint density at radius 1 is 1.26 bits per heavy atom. The molecule has 0 bridgehead atoms. The van der Waals surface area contributed by atoms with Crippen LogP contribution in [0.2, 0.25) is 0 Å². The van der Waals surface area contributed by atoms with E-state index in [-0.39, 0.29) is 23.4 Å². The molecule has 3 N–H and O–H groups in total. The van der Waals surface area contributed by atoms with Crippen molar-refractivity contribution in [2.45, 2.75) is 84.6 Å². The largest absolute Gasteiger partial charge is 0.490 e. The summed E-state index contributed by atoms with van der Waals surface area (Å²) in [5, 5.41) is 21.9. The first-order valence-corrected chi connectivity index (χ1v) is 10.5. The standard InChI is InChI=1S/C18H33N5O.C2HF3O2/c1-6-15(13-9-7-8-10-13)20-17(24)16(18(2,3)4)23-12-14(11-19-5)21-22-23;3-2(4,5)1(6)7/h12-13,15-16,19H,6-11H2,1-5H3,(H,20,24);(H,6,7).